The van der Waals surface area contributed by atoms with Crippen LogP contribution in [0.15, 0.2) is 103 Å². The Morgan fingerprint density at radius 3 is 1.78 bits per heavy atom. The Labute approximate surface area is 162 Å². The molecule has 27 heavy (non-hydrogen) atoms. The van der Waals surface area contributed by atoms with Gasteiger partial charge in [0.25, 0.3) is 0 Å². The quantitative estimate of drug-likeness (QED) is 0.369. The number of fused-ring (bicyclic) bond motifs is 3. The van der Waals surface area contributed by atoms with E-state index in [2.05, 4.69) is 36.4 Å². The summed E-state index contributed by atoms with van der Waals surface area (Å²) in [6.07, 6.45) is 0. The lowest BCUT2D eigenvalue weighted by atomic mass is 9.80. The summed E-state index contributed by atoms with van der Waals surface area (Å²) in [5.74, 6) is 0. The lowest BCUT2D eigenvalue weighted by Gasteiger charge is -2.30. The van der Waals surface area contributed by atoms with E-state index in [4.69, 9.17) is 0 Å². The fourth-order valence-electron chi connectivity index (χ4n) is 3.87. The lowest BCUT2D eigenvalue weighted by molar-refractivity contribution is 0.127. The molecule has 0 fully saturated rings. The molecule has 0 bridgehead atoms. The molecule has 0 aliphatic rings. The highest BCUT2D eigenvalue weighted by Gasteiger charge is 2.35. The summed E-state index contributed by atoms with van der Waals surface area (Å²) < 4.78 is 2.37. The van der Waals surface area contributed by atoms with Crippen LogP contribution in [-0.2, 0) is 5.60 Å². The second-order valence-corrected chi connectivity index (χ2v) is 7.78. The Morgan fingerprint density at radius 1 is 0.556 bits per heavy atom. The first kappa shape index (κ1) is 16.2. The normalized spacial score (nSPS) is 11.9. The molecule has 0 radical (unpaired) electrons. The third-order valence-corrected chi connectivity index (χ3v) is 6.40. The molecule has 5 aromatic rings. The van der Waals surface area contributed by atoms with Crippen molar-refractivity contribution in [1.82, 2.24) is 0 Å². The molecule has 2 heteroatoms. The van der Waals surface area contributed by atoms with Gasteiger partial charge in [-0.2, -0.15) is 0 Å². The molecular formula is C25H18OS. The highest BCUT2D eigenvalue weighted by atomic mass is 32.1. The third kappa shape index (κ3) is 2.49. The van der Waals surface area contributed by atoms with Crippen LogP contribution >= 0.6 is 11.3 Å². The fraction of sp³-hybridized carbons (Fsp3) is 0.0400. The minimum absolute atomic E-state index is 0.876. The predicted octanol–water partition coefficient (Wildman–Crippen LogP) is 6.34. The van der Waals surface area contributed by atoms with Crippen molar-refractivity contribution < 1.29 is 5.11 Å². The van der Waals surface area contributed by atoms with Crippen molar-refractivity contribution in [3.8, 4) is 0 Å². The summed E-state index contributed by atoms with van der Waals surface area (Å²) in [5.41, 5.74) is 1.48. The Kier molecular flexibility index (Phi) is 3.82. The van der Waals surface area contributed by atoms with E-state index < -0.39 is 5.60 Å². The van der Waals surface area contributed by atoms with E-state index >= 15 is 0 Å². The van der Waals surface area contributed by atoms with Gasteiger partial charge in [0.15, 0.2) is 0 Å². The molecule has 0 atom stereocenters. The predicted molar refractivity (Wildman–Crippen MR) is 114 cm³/mol. The number of thiophene rings is 1. The molecule has 0 aliphatic heterocycles. The molecular weight excluding hydrogens is 348 g/mol. The second-order valence-electron chi connectivity index (χ2n) is 6.72. The molecule has 0 spiro atoms. The molecule has 130 valence electrons. The number of hydrogen-bond donors (Lipinski definition) is 1. The molecule has 4 aromatic carbocycles. The average Bonchev–Trinajstić information content (AvgIpc) is 3.13. The molecule has 1 nitrogen and oxygen atoms in total. The third-order valence-electron chi connectivity index (χ3n) is 5.18. The van der Waals surface area contributed by atoms with Gasteiger partial charge in [-0.05, 0) is 17.2 Å². The molecule has 1 N–H and O–H groups in total. The monoisotopic (exact) mass is 366 g/mol. The molecule has 1 heterocycles. The molecule has 0 saturated heterocycles. The average molecular weight is 366 g/mol. The Morgan fingerprint density at radius 2 is 1.11 bits per heavy atom. The van der Waals surface area contributed by atoms with Crippen molar-refractivity contribution in [2.45, 2.75) is 5.60 Å². The van der Waals surface area contributed by atoms with Gasteiger partial charge in [0.1, 0.15) is 5.60 Å². The maximum Gasteiger partial charge on any atom is 0.141 e. The SMILES string of the molecule is OC(c1ccccc1)(c1ccccc1)c1cccc2c1sc1ccccc12. The topological polar surface area (TPSA) is 20.2 Å². The summed E-state index contributed by atoms with van der Waals surface area (Å²) >= 11 is 1.74. The van der Waals surface area contributed by atoms with Crippen molar-refractivity contribution in [2.24, 2.45) is 0 Å². The molecule has 0 aliphatic carbocycles. The van der Waals surface area contributed by atoms with E-state index in [9.17, 15) is 5.11 Å². The largest absolute Gasteiger partial charge is 0.376 e. The van der Waals surface area contributed by atoms with Crippen LogP contribution in [0.3, 0.4) is 0 Å². The van der Waals surface area contributed by atoms with E-state index in [1.807, 2.05) is 66.7 Å². The Bertz CT molecular complexity index is 1180. The first-order chi connectivity index (χ1) is 13.3. The van der Waals surface area contributed by atoms with E-state index in [0.717, 1.165) is 21.4 Å². The zero-order chi connectivity index (χ0) is 18.3. The van der Waals surface area contributed by atoms with E-state index in [1.165, 1.54) is 15.5 Å². The van der Waals surface area contributed by atoms with Crippen LogP contribution in [0.2, 0.25) is 0 Å². The molecule has 0 unspecified atom stereocenters. The molecule has 1 aromatic heterocycles. The Balaban J connectivity index is 1.89. The number of benzene rings is 4. The highest BCUT2D eigenvalue weighted by Crippen LogP contribution is 2.44. The molecule has 0 saturated carbocycles. The zero-order valence-corrected chi connectivity index (χ0v) is 15.5. The van der Waals surface area contributed by atoms with Crippen molar-refractivity contribution in [2.75, 3.05) is 0 Å². The van der Waals surface area contributed by atoms with E-state index in [-0.39, 0.29) is 0 Å². The van der Waals surface area contributed by atoms with Crippen molar-refractivity contribution in [1.29, 1.82) is 0 Å². The summed E-state index contributed by atoms with van der Waals surface area (Å²) in [6, 6.07) is 34.6. The smallest absolute Gasteiger partial charge is 0.141 e. The number of hydrogen-bond acceptors (Lipinski definition) is 2. The van der Waals surface area contributed by atoms with Gasteiger partial charge in [0.2, 0.25) is 0 Å². The summed E-state index contributed by atoms with van der Waals surface area (Å²) in [5, 5.41) is 14.6. The van der Waals surface area contributed by atoms with Gasteiger partial charge in [-0.3, -0.25) is 0 Å². The maximum atomic E-state index is 12.2. The van der Waals surface area contributed by atoms with Gasteiger partial charge < -0.3 is 5.11 Å². The molecule has 5 rings (SSSR count). The first-order valence-electron chi connectivity index (χ1n) is 9.02. The van der Waals surface area contributed by atoms with E-state index in [0.29, 0.717) is 0 Å². The molecule has 0 amide bonds. The van der Waals surface area contributed by atoms with Crippen LogP contribution in [0.1, 0.15) is 16.7 Å². The van der Waals surface area contributed by atoms with Crippen molar-refractivity contribution in [3.05, 3.63) is 120 Å². The Hall–Kier alpha value is -2.94. The highest BCUT2D eigenvalue weighted by molar-refractivity contribution is 7.26. The van der Waals surface area contributed by atoms with Crippen LogP contribution in [0, 0.1) is 0 Å². The zero-order valence-electron chi connectivity index (χ0n) is 14.7. The second kappa shape index (κ2) is 6.34. The summed E-state index contributed by atoms with van der Waals surface area (Å²) in [4.78, 5) is 0. The van der Waals surface area contributed by atoms with E-state index in [1.54, 1.807) is 11.3 Å². The number of aliphatic hydroxyl groups is 1. The van der Waals surface area contributed by atoms with Crippen LogP contribution in [-0.4, -0.2) is 5.11 Å². The van der Waals surface area contributed by atoms with Gasteiger partial charge in [-0.25, -0.2) is 0 Å². The van der Waals surface area contributed by atoms with Gasteiger partial charge in [-0.15, -0.1) is 11.3 Å². The number of rotatable bonds is 3. The summed E-state index contributed by atoms with van der Waals surface area (Å²) in [7, 11) is 0. The minimum atomic E-state index is -1.21. The fourth-order valence-corrected chi connectivity index (χ4v) is 5.14. The van der Waals surface area contributed by atoms with Crippen molar-refractivity contribution >= 4 is 31.5 Å². The van der Waals surface area contributed by atoms with Crippen LogP contribution < -0.4 is 0 Å². The lowest BCUT2D eigenvalue weighted by Crippen LogP contribution is -2.28. The van der Waals surface area contributed by atoms with Crippen LogP contribution in [0.25, 0.3) is 20.2 Å². The summed E-state index contributed by atoms with van der Waals surface area (Å²) in [6.45, 7) is 0. The van der Waals surface area contributed by atoms with Gasteiger partial charge >= 0.3 is 0 Å². The van der Waals surface area contributed by atoms with Crippen LogP contribution in [0.5, 0.6) is 0 Å². The van der Waals surface area contributed by atoms with Gasteiger partial charge in [0.05, 0.1) is 0 Å². The first-order valence-corrected chi connectivity index (χ1v) is 9.84. The maximum absolute atomic E-state index is 12.2. The van der Waals surface area contributed by atoms with Gasteiger partial charge in [-0.1, -0.05) is 97.1 Å². The standard InChI is InChI=1S/C25H18OS/c26-25(18-10-3-1-4-11-18,19-12-5-2-6-13-19)22-16-9-15-21-20-14-7-8-17-23(20)27-24(21)22/h1-17,26H. The van der Waals surface area contributed by atoms with Crippen molar-refractivity contribution in [3.63, 3.8) is 0 Å². The van der Waals surface area contributed by atoms with Gasteiger partial charge in [0, 0.05) is 25.7 Å². The minimum Gasteiger partial charge on any atom is -0.376 e. The van der Waals surface area contributed by atoms with Crippen LogP contribution in [0.4, 0.5) is 0 Å².